The van der Waals surface area contributed by atoms with Gasteiger partial charge in [0.1, 0.15) is 11.6 Å². The molecule has 0 bridgehead atoms. The molecule has 1 aromatic rings. The molecule has 0 aromatic heterocycles. The van der Waals surface area contributed by atoms with Gasteiger partial charge in [-0.05, 0) is 18.1 Å². The third kappa shape index (κ3) is 4.55. The van der Waals surface area contributed by atoms with Crippen molar-refractivity contribution in [3.05, 3.63) is 29.6 Å². The molecule has 1 nitrogen and oxygen atoms in total. The van der Waals surface area contributed by atoms with Gasteiger partial charge in [-0.15, -0.1) is 11.6 Å². The van der Waals surface area contributed by atoms with E-state index in [2.05, 4.69) is 11.8 Å². The van der Waals surface area contributed by atoms with Crippen LogP contribution in [0.2, 0.25) is 0 Å². The molecule has 86 valence electrons. The zero-order chi connectivity index (χ0) is 12.0. The minimum absolute atomic E-state index is 0.235. The number of hydrogen-bond donors (Lipinski definition) is 0. The molecule has 0 aliphatic rings. The molecule has 0 aliphatic carbocycles. The summed E-state index contributed by atoms with van der Waals surface area (Å²) in [6.07, 6.45) is 0. The van der Waals surface area contributed by atoms with E-state index in [4.69, 9.17) is 16.3 Å². The van der Waals surface area contributed by atoms with E-state index in [1.165, 1.54) is 12.1 Å². The lowest BCUT2D eigenvalue weighted by Gasteiger charge is -2.08. The molecule has 1 rings (SSSR count). The van der Waals surface area contributed by atoms with Gasteiger partial charge in [-0.3, -0.25) is 0 Å². The average molecular weight is 241 g/mol. The van der Waals surface area contributed by atoms with Crippen molar-refractivity contribution in [2.45, 2.75) is 13.8 Å². The predicted octanol–water partition coefficient (Wildman–Crippen LogP) is 3.45. The van der Waals surface area contributed by atoms with E-state index in [-0.39, 0.29) is 11.7 Å². The molecule has 0 aliphatic heterocycles. The molecular weight excluding hydrogens is 227 g/mol. The third-order valence-corrected chi connectivity index (χ3v) is 1.89. The van der Waals surface area contributed by atoms with E-state index in [0.29, 0.717) is 23.8 Å². The first-order valence-corrected chi connectivity index (χ1v) is 5.63. The van der Waals surface area contributed by atoms with Crippen molar-refractivity contribution in [3.63, 3.8) is 0 Å². The Labute approximate surface area is 101 Å². The largest absolute Gasteiger partial charge is 0.493 e. The van der Waals surface area contributed by atoms with Crippen LogP contribution >= 0.6 is 11.6 Å². The predicted molar refractivity (Wildman–Crippen MR) is 64.3 cm³/mol. The Morgan fingerprint density at radius 2 is 2.12 bits per heavy atom. The van der Waals surface area contributed by atoms with Gasteiger partial charge in [-0.2, -0.15) is 0 Å². The number of rotatable bonds is 3. The second-order valence-electron chi connectivity index (χ2n) is 3.82. The Morgan fingerprint density at radius 3 is 2.75 bits per heavy atom. The standard InChI is InChI=1S/C13H14ClFO/c1-10(2)9-16-13-7-11(4-3-5-14)6-12(15)8-13/h6-8,10H,5,9H2,1-2H3. The molecule has 0 saturated carbocycles. The first-order valence-electron chi connectivity index (χ1n) is 5.10. The van der Waals surface area contributed by atoms with Crippen molar-refractivity contribution in [2.24, 2.45) is 5.92 Å². The van der Waals surface area contributed by atoms with Crippen molar-refractivity contribution in [1.29, 1.82) is 0 Å². The molecule has 16 heavy (non-hydrogen) atoms. The highest BCUT2D eigenvalue weighted by Crippen LogP contribution is 2.16. The van der Waals surface area contributed by atoms with E-state index in [9.17, 15) is 4.39 Å². The number of halogens is 2. The van der Waals surface area contributed by atoms with Gasteiger partial charge < -0.3 is 4.74 Å². The second-order valence-corrected chi connectivity index (χ2v) is 4.08. The van der Waals surface area contributed by atoms with Gasteiger partial charge in [0.05, 0.1) is 12.5 Å². The minimum Gasteiger partial charge on any atom is -0.493 e. The topological polar surface area (TPSA) is 9.23 Å². The SMILES string of the molecule is CC(C)COc1cc(F)cc(C#CCCl)c1. The van der Waals surface area contributed by atoms with Gasteiger partial charge in [0.15, 0.2) is 0 Å². The normalized spacial score (nSPS) is 9.81. The Morgan fingerprint density at radius 1 is 1.38 bits per heavy atom. The summed E-state index contributed by atoms with van der Waals surface area (Å²) in [6.45, 7) is 4.63. The average Bonchev–Trinajstić information content (AvgIpc) is 2.23. The van der Waals surface area contributed by atoms with Crippen LogP contribution in [0.25, 0.3) is 0 Å². The van der Waals surface area contributed by atoms with Crippen LogP contribution in [-0.2, 0) is 0 Å². The van der Waals surface area contributed by atoms with E-state index in [0.717, 1.165) is 0 Å². The van der Waals surface area contributed by atoms with Gasteiger partial charge in [0.2, 0.25) is 0 Å². The summed E-state index contributed by atoms with van der Waals surface area (Å²) in [5.74, 6) is 6.24. The summed E-state index contributed by atoms with van der Waals surface area (Å²) in [7, 11) is 0. The molecule has 0 heterocycles. The molecule has 0 amide bonds. The first-order chi connectivity index (χ1) is 7.61. The number of alkyl halides is 1. The van der Waals surface area contributed by atoms with E-state index in [1.54, 1.807) is 6.07 Å². The smallest absolute Gasteiger partial charge is 0.128 e. The molecule has 0 fully saturated rings. The van der Waals surface area contributed by atoms with Gasteiger partial charge in [-0.25, -0.2) is 4.39 Å². The zero-order valence-electron chi connectivity index (χ0n) is 9.39. The van der Waals surface area contributed by atoms with Crippen molar-refractivity contribution < 1.29 is 9.13 Å². The van der Waals surface area contributed by atoms with Gasteiger partial charge in [0, 0.05) is 11.6 Å². The molecule has 0 saturated heterocycles. The van der Waals surface area contributed by atoms with Crippen molar-refractivity contribution in [2.75, 3.05) is 12.5 Å². The Bertz CT molecular complexity index is 404. The maximum Gasteiger partial charge on any atom is 0.128 e. The first kappa shape index (κ1) is 12.9. The van der Waals surface area contributed by atoms with Crippen LogP contribution < -0.4 is 4.74 Å². The number of benzene rings is 1. The summed E-state index contributed by atoms with van der Waals surface area (Å²) in [5.41, 5.74) is 0.583. The molecule has 0 radical (unpaired) electrons. The minimum atomic E-state index is -0.347. The van der Waals surface area contributed by atoms with Gasteiger partial charge >= 0.3 is 0 Å². The van der Waals surface area contributed by atoms with E-state index < -0.39 is 0 Å². The summed E-state index contributed by atoms with van der Waals surface area (Å²) >= 11 is 5.44. The summed E-state index contributed by atoms with van der Waals surface area (Å²) in [5, 5.41) is 0. The zero-order valence-corrected chi connectivity index (χ0v) is 10.1. The molecule has 0 spiro atoms. The van der Waals surface area contributed by atoms with Crippen LogP contribution in [0.3, 0.4) is 0 Å². The summed E-state index contributed by atoms with van der Waals surface area (Å²) in [6, 6.07) is 4.43. The van der Waals surface area contributed by atoms with E-state index >= 15 is 0 Å². The highest BCUT2D eigenvalue weighted by Gasteiger charge is 2.01. The van der Waals surface area contributed by atoms with Crippen LogP contribution in [0.5, 0.6) is 5.75 Å². The summed E-state index contributed by atoms with van der Waals surface area (Å²) < 4.78 is 18.6. The molecule has 3 heteroatoms. The van der Waals surface area contributed by atoms with Crippen LogP contribution in [0.1, 0.15) is 19.4 Å². The van der Waals surface area contributed by atoms with Crippen LogP contribution in [0, 0.1) is 23.6 Å². The monoisotopic (exact) mass is 240 g/mol. The highest BCUT2D eigenvalue weighted by atomic mass is 35.5. The Balaban J connectivity index is 2.81. The molecular formula is C13H14ClFO. The Hall–Kier alpha value is -1.20. The maximum atomic E-state index is 13.2. The second kappa shape index (κ2) is 6.40. The lowest BCUT2D eigenvalue weighted by molar-refractivity contribution is 0.270. The number of ether oxygens (including phenoxy) is 1. The van der Waals surface area contributed by atoms with Crippen LogP contribution in [-0.4, -0.2) is 12.5 Å². The molecule has 0 N–H and O–H groups in total. The lowest BCUT2D eigenvalue weighted by Crippen LogP contribution is -2.04. The highest BCUT2D eigenvalue weighted by molar-refractivity contribution is 6.19. The van der Waals surface area contributed by atoms with Crippen LogP contribution in [0.4, 0.5) is 4.39 Å². The molecule has 1 aromatic carbocycles. The fourth-order valence-electron chi connectivity index (χ4n) is 1.12. The van der Waals surface area contributed by atoms with Crippen LogP contribution in [0.15, 0.2) is 18.2 Å². The fraction of sp³-hybridized carbons (Fsp3) is 0.385. The van der Waals surface area contributed by atoms with E-state index in [1.807, 2.05) is 13.8 Å². The molecule has 0 unspecified atom stereocenters. The molecule has 0 atom stereocenters. The number of hydrogen-bond acceptors (Lipinski definition) is 1. The lowest BCUT2D eigenvalue weighted by atomic mass is 10.2. The van der Waals surface area contributed by atoms with Crippen molar-refractivity contribution in [3.8, 4) is 17.6 Å². The fourth-order valence-corrected chi connectivity index (χ4v) is 1.18. The van der Waals surface area contributed by atoms with Crippen molar-refractivity contribution >= 4 is 11.6 Å². The Kier molecular flexibility index (Phi) is 5.14. The van der Waals surface area contributed by atoms with Crippen molar-refractivity contribution in [1.82, 2.24) is 0 Å². The third-order valence-electron chi connectivity index (χ3n) is 1.75. The summed E-state index contributed by atoms with van der Waals surface area (Å²) in [4.78, 5) is 0. The quantitative estimate of drug-likeness (QED) is 0.581. The van der Waals surface area contributed by atoms with Gasteiger partial charge in [-0.1, -0.05) is 25.7 Å². The maximum absolute atomic E-state index is 13.2. The van der Waals surface area contributed by atoms with Gasteiger partial charge in [0.25, 0.3) is 0 Å².